The van der Waals surface area contributed by atoms with Crippen LogP contribution in [0.3, 0.4) is 0 Å². The molecule has 0 unspecified atom stereocenters. The first-order chi connectivity index (χ1) is 13.9. The minimum atomic E-state index is 0.983. The first-order valence-corrected chi connectivity index (χ1v) is 9.95. The van der Waals surface area contributed by atoms with Gasteiger partial charge >= 0.3 is 0 Å². The van der Waals surface area contributed by atoms with Gasteiger partial charge in [0.2, 0.25) is 0 Å². The van der Waals surface area contributed by atoms with Crippen LogP contribution in [0.4, 0.5) is 17.1 Å². The number of hydrogen-bond donors (Lipinski definition) is 0. The maximum absolute atomic E-state index is 4.46. The van der Waals surface area contributed by atoms with E-state index in [9.17, 15) is 0 Å². The molecule has 3 heterocycles. The summed E-state index contributed by atoms with van der Waals surface area (Å²) in [4.78, 5) is 6.93. The van der Waals surface area contributed by atoms with Gasteiger partial charge in [0.25, 0.3) is 0 Å². The maximum atomic E-state index is 4.46. The Morgan fingerprint density at radius 3 is 2.43 bits per heavy atom. The summed E-state index contributed by atoms with van der Waals surface area (Å²) in [6.07, 6.45) is 7.00. The smallest absolute Gasteiger partial charge is 0.0680 e. The van der Waals surface area contributed by atoms with E-state index in [4.69, 9.17) is 0 Å². The highest BCUT2D eigenvalue weighted by Crippen LogP contribution is 2.54. The molecule has 0 saturated heterocycles. The topological polar surface area (TPSA) is 16.1 Å². The van der Waals surface area contributed by atoms with Crippen molar-refractivity contribution < 1.29 is 0 Å². The van der Waals surface area contributed by atoms with Crippen molar-refractivity contribution in [2.75, 3.05) is 4.90 Å². The Morgan fingerprint density at radius 2 is 1.46 bits per heavy atom. The first-order valence-electron chi connectivity index (χ1n) is 9.95. The molecule has 7 rings (SSSR count). The highest BCUT2D eigenvalue weighted by atomic mass is 15.2. The summed E-state index contributed by atoms with van der Waals surface area (Å²) in [6, 6.07) is 22.4. The minimum absolute atomic E-state index is 0.983. The number of anilines is 3. The Kier molecular flexibility index (Phi) is 2.67. The molecule has 28 heavy (non-hydrogen) atoms. The number of para-hydroxylation sites is 1. The molecule has 2 aliphatic heterocycles. The van der Waals surface area contributed by atoms with E-state index in [0.29, 0.717) is 0 Å². The molecule has 132 valence electrons. The summed E-state index contributed by atoms with van der Waals surface area (Å²) in [5.74, 6) is 0. The summed E-state index contributed by atoms with van der Waals surface area (Å²) < 4.78 is 0. The zero-order chi connectivity index (χ0) is 18.2. The molecule has 1 aliphatic carbocycles. The summed E-state index contributed by atoms with van der Waals surface area (Å²) >= 11 is 0. The third-order valence-corrected chi connectivity index (χ3v) is 6.56. The SMILES string of the molecule is c1ccc2c(c1)Cc1cc3c4c(c1-2)Cc1ccncc1N4c1ccccc1C3. The second kappa shape index (κ2) is 5.11. The summed E-state index contributed by atoms with van der Waals surface area (Å²) in [5, 5.41) is 0. The van der Waals surface area contributed by atoms with Gasteiger partial charge < -0.3 is 4.90 Å². The quantitative estimate of drug-likeness (QED) is 0.334. The molecule has 0 atom stereocenters. The van der Waals surface area contributed by atoms with E-state index < -0.39 is 0 Å². The summed E-state index contributed by atoms with van der Waals surface area (Å²) in [5.41, 5.74) is 15.5. The van der Waals surface area contributed by atoms with Crippen LogP contribution in [0.1, 0.15) is 33.4 Å². The predicted octanol–water partition coefficient (Wildman–Crippen LogP) is 5.93. The molecule has 4 aromatic rings. The van der Waals surface area contributed by atoms with Crippen molar-refractivity contribution in [2.24, 2.45) is 0 Å². The number of pyridine rings is 1. The lowest BCUT2D eigenvalue weighted by atomic mass is 9.82. The van der Waals surface area contributed by atoms with Crippen LogP contribution < -0.4 is 4.90 Å². The van der Waals surface area contributed by atoms with Crippen LogP contribution in [0.25, 0.3) is 11.1 Å². The lowest BCUT2D eigenvalue weighted by Gasteiger charge is -2.40. The molecular weight excluding hydrogens is 340 g/mol. The Morgan fingerprint density at radius 1 is 0.679 bits per heavy atom. The Balaban J connectivity index is 1.60. The van der Waals surface area contributed by atoms with E-state index in [-0.39, 0.29) is 0 Å². The second-order valence-corrected chi connectivity index (χ2v) is 8.05. The van der Waals surface area contributed by atoms with Crippen LogP contribution >= 0.6 is 0 Å². The molecule has 1 aromatic heterocycles. The number of nitrogens with zero attached hydrogens (tertiary/aromatic N) is 2. The Bertz CT molecular complexity index is 1290. The average Bonchev–Trinajstić information content (AvgIpc) is 3.11. The van der Waals surface area contributed by atoms with E-state index >= 15 is 0 Å². The van der Waals surface area contributed by atoms with E-state index in [0.717, 1.165) is 19.3 Å². The van der Waals surface area contributed by atoms with Crippen molar-refractivity contribution in [3.63, 3.8) is 0 Å². The van der Waals surface area contributed by atoms with Crippen LogP contribution in [0, 0.1) is 0 Å². The van der Waals surface area contributed by atoms with Gasteiger partial charge in [-0.05, 0) is 63.1 Å². The maximum Gasteiger partial charge on any atom is 0.0680 e. The van der Waals surface area contributed by atoms with E-state index in [1.807, 2.05) is 12.4 Å². The zero-order valence-electron chi connectivity index (χ0n) is 15.4. The molecule has 0 amide bonds. The predicted molar refractivity (Wildman–Crippen MR) is 113 cm³/mol. The van der Waals surface area contributed by atoms with Gasteiger partial charge in [0.1, 0.15) is 0 Å². The van der Waals surface area contributed by atoms with Crippen LogP contribution in [-0.2, 0) is 19.3 Å². The van der Waals surface area contributed by atoms with Crippen molar-refractivity contribution in [3.8, 4) is 11.1 Å². The van der Waals surface area contributed by atoms with Gasteiger partial charge in [-0.3, -0.25) is 4.98 Å². The summed E-state index contributed by atoms with van der Waals surface area (Å²) in [7, 11) is 0. The number of fused-ring (bicyclic) bond motifs is 8. The standard InChI is InChI=1S/C26H18N2/c1-3-7-21-16(5-1)11-19-13-20-12-17-6-2-4-8-23(17)28-24-15-27-10-9-18(24)14-22(25(19)21)26(20)28/h1-10,13,15H,11-12,14H2. The molecule has 0 bridgehead atoms. The van der Waals surface area contributed by atoms with Crippen molar-refractivity contribution >= 4 is 17.1 Å². The van der Waals surface area contributed by atoms with E-state index in [1.165, 1.54) is 61.6 Å². The van der Waals surface area contributed by atoms with Crippen LogP contribution in [-0.4, -0.2) is 4.98 Å². The van der Waals surface area contributed by atoms with Gasteiger partial charge in [0.15, 0.2) is 0 Å². The highest BCUT2D eigenvalue weighted by molar-refractivity contribution is 5.95. The van der Waals surface area contributed by atoms with Gasteiger partial charge in [0.05, 0.1) is 17.6 Å². The van der Waals surface area contributed by atoms with Gasteiger partial charge in [-0.25, -0.2) is 0 Å². The molecule has 3 aliphatic rings. The molecule has 2 nitrogen and oxygen atoms in total. The molecule has 0 saturated carbocycles. The van der Waals surface area contributed by atoms with Crippen LogP contribution in [0.2, 0.25) is 0 Å². The average molecular weight is 358 g/mol. The number of hydrogen-bond acceptors (Lipinski definition) is 2. The monoisotopic (exact) mass is 358 g/mol. The van der Waals surface area contributed by atoms with E-state index in [2.05, 4.69) is 70.5 Å². The molecule has 0 fully saturated rings. The number of rotatable bonds is 0. The third kappa shape index (κ3) is 1.75. The molecule has 0 N–H and O–H groups in total. The number of aromatic nitrogens is 1. The van der Waals surface area contributed by atoms with Gasteiger partial charge in [0, 0.05) is 24.7 Å². The van der Waals surface area contributed by atoms with Crippen molar-refractivity contribution in [1.29, 1.82) is 0 Å². The Hall–Kier alpha value is -3.39. The zero-order valence-corrected chi connectivity index (χ0v) is 15.4. The molecule has 0 spiro atoms. The molecule has 2 heteroatoms. The molecule has 0 radical (unpaired) electrons. The fraction of sp³-hybridized carbons (Fsp3) is 0.115. The van der Waals surface area contributed by atoms with Crippen molar-refractivity contribution in [3.05, 3.63) is 106 Å². The fourth-order valence-corrected chi connectivity index (χ4v) is 5.45. The van der Waals surface area contributed by atoms with Crippen molar-refractivity contribution in [2.45, 2.75) is 19.3 Å². The lowest BCUT2D eigenvalue weighted by Crippen LogP contribution is -2.25. The highest BCUT2D eigenvalue weighted by Gasteiger charge is 2.35. The first kappa shape index (κ1) is 14.6. The van der Waals surface area contributed by atoms with Crippen LogP contribution in [0.5, 0.6) is 0 Å². The Labute approximate surface area is 164 Å². The van der Waals surface area contributed by atoms with E-state index in [1.54, 1.807) is 0 Å². The number of benzene rings is 3. The van der Waals surface area contributed by atoms with Gasteiger partial charge in [-0.15, -0.1) is 0 Å². The van der Waals surface area contributed by atoms with Crippen LogP contribution in [0.15, 0.2) is 73.1 Å². The van der Waals surface area contributed by atoms with Gasteiger partial charge in [-0.2, -0.15) is 0 Å². The third-order valence-electron chi connectivity index (χ3n) is 6.56. The fourth-order valence-electron chi connectivity index (χ4n) is 5.45. The van der Waals surface area contributed by atoms with Crippen molar-refractivity contribution in [1.82, 2.24) is 4.98 Å². The normalized spacial score (nSPS) is 14.6. The minimum Gasteiger partial charge on any atom is -0.308 e. The lowest BCUT2D eigenvalue weighted by molar-refractivity contribution is 0.998. The van der Waals surface area contributed by atoms with Gasteiger partial charge in [-0.1, -0.05) is 48.5 Å². The summed E-state index contributed by atoms with van der Waals surface area (Å²) in [6.45, 7) is 0. The largest absolute Gasteiger partial charge is 0.308 e. The molecule has 3 aromatic carbocycles. The second-order valence-electron chi connectivity index (χ2n) is 8.05. The molecular formula is C26H18N2.